The number of amides is 1. The third-order valence-electron chi connectivity index (χ3n) is 5.34. The number of aromatic nitrogens is 1. The fraction of sp³-hybridized carbons (Fsp3) is 0.474. The molecule has 27 heavy (non-hydrogen) atoms. The first kappa shape index (κ1) is 18.6. The first-order chi connectivity index (χ1) is 12.9. The standard InChI is InChI=1S/C19H23N3O3S2/c1-14-17(26-18(20-14)15-5-3-2-4-6-15)19(23)22-10-8-21(9-11-22)16-7-12-27(24,25)13-16/h2-6,16H,7-13H2,1H3/t16-/m1/s1. The molecule has 2 saturated heterocycles. The van der Waals surface area contributed by atoms with Crippen LogP contribution >= 0.6 is 11.3 Å². The van der Waals surface area contributed by atoms with Gasteiger partial charge in [-0.25, -0.2) is 13.4 Å². The monoisotopic (exact) mass is 405 g/mol. The van der Waals surface area contributed by atoms with Crippen LogP contribution in [0, 0.1) is 6.92 Å². The summed E-state index contributed by atoms with van der Waals surface area (Å²) < 4.78 is 23.4. The number of benzene rings is 1. The van der Waals surface area contributed by atoms with Gasteiger partial charge in [-0.05, 0) is 13.3 Å². The molecule has 0 N–H and O–H groups in total. The van der Waals surface area contributed by atoms with Crippen LogP contribution in [0.15, 0.2) is 30.3 Å². The fourth-order valence-electron chi connectivity index (χ4n) is 3.80. The summed E-state index contributed by atoms with van der Waals surface area (Å²) in [5.41, 5.74) is 1.80. The molecule has 0 bridgehead atoms. The Hall–Kier alpha value is -1.77. The van der Waals surface area contributed by atoms with Crippen LogP contribution in [0.2, 0.25) is 0 Å². The Morgan fingerprint density at radius 1 is 1.15 bits per heavy atom. The van der Waals surface area contributed by atoms with E-state index in [0.717, 1.165) is 29.4 Å². The number of rotatable bonds is 3. The second-order valence-corrected chi connectivity index (χ2v) is 10.4. The van der Waals surface area contributed by atoms with Gasteiger partial charge in [-0.15, -0.1) is 11.3 Å². The highest BCUT2D eigenvalue weighted by Crippen LogP contribution is 2.29. The molecule has 0 radical (unpaired) electrons. The van der Waals surface area contributed by atoms with Crippen molar-refractivity contribution in [1.82, 2.24) is 14.8 Å². The zero-order valence-electron chi connectivity index (χ0n) is 15.3. The van der Waals surface area contributed by atoms with Gasteiger partial charge in [0.2, 0.25) is 0 Å². The Bertz CT molecular complexity index is 932. The van der Waals surface area contributed by atoms with Gasteiger partial charge in [0.05, 0.1) is 17.2 Å². The second-order valence-electron chi connectivity index (χ2n) is 7.18. The summed E-state index contributed by atoms with van der Waals surface area (Å²) in [6.45, 7) is 4.61. The molecule has 0 unspecified atom stereocenters. The largest absolute Gasteiger partial charge is 0.335 e. The molecule has 2 aliphatic heterocycles. The van der Waals surface area contributed by atoms with Gasteiger partial charge in [0.1, 0.15) is 9.88 Å². The van der Waals surface area contributed by atoms with Crippen molar-refractivity contribution in [1.29, 1.82) is 0 Å². The van der Waals surface area contributed by atoms with Gasteiger partial charge in [-0.2, -0.15) is 0 Å². The molecule has 0 saturated carbocycles. The maximum atomic E-state index is 13.0. The van der Waals surface area contributed by atoms with E-state index in [9.17, 15) is 13.2 Å². The van der Waals surface area contributed by atoms with Crippen molar-refractivity contribution in [3.8, 4) is 10.6 Å². The molecular formula is C19H23N3O3S2. The minimum absolute atomic E-state index is 0.0332. The lowest BCUT2D eigenvalue weighted by Gasteiger charge is -2.37. The average Bonchev–Trinajstić information content (AvgIpc) is 3.24. The van der Waals surface area contributed by atoms with Gasteiger partial charge >= 0.3 is 0 Å². The molecule has 4 rings (SSSR count). The van der Waals surface area contributed by atoms with Crippen LogP contribution in [0.5, 0.6) is 0 Å². The van der Waals surface area contributed by atoms with Crippen molar-refractivity contribution in [2.24, 2.45) is 0 Å². The molecule has 0 spiro atoms. The zero-order valence-corrected chi connectivity index (χ0v) is 16.9. The Labute approximate surface area is 163 Å². The number of piperazine rings is 1. The molecule has 3 heterocycles. The highest BCUT2D eigenvalue weighted by atomic mass is 32.2. The second kappa shape index (κ2) is 7.33. The summed E-state index contributed by atoms with van der Waals surface area (Å²) in [7, 11) is -2.88. The summed E-state index contributed by atoms with van der Waals surface area (Å²) in [4.78, 5) is 22.4. The van der Waals surface area contributed by atoms with Crippen LogP contribution < -0.4 is 0 Å². The van der Waals surface area contributed by atoms with Gasteiger partial charge in [0.25, 0.3) is 5.91 Å². The van der Waals surface area contributed by atoms with E-state index < -0.39 is 9.84 Å². The zero-order chi connectivity index (χ0) is 19.0. The SMILES string of the molecule is Cc1nc(-c2ccccc2)sc1C(=O)N1CCN([C@@H]2CCS(=O)(=O)C2)CC1. The highest BCUT2D eigenvalue weighted by Gasteiger charge is 2.34. The first-order valence-corrected chi connectivity index (χ1v) is 11.8. The predicted molar refractivity (Wildman–Crippen MR) is 107 cm³/mol. The van der Waals surface area contributed by atoms with Crippen molar-refractivity contribution in [2.75, 3.05) is 37.7 Å². The van der Waals surface area contributed by atoms with E-state index in [1.165, 1.54) is 11.3 Å². The van der Waals surface area contributed by atoms with Gasteiger partial charge in [0.15, 0.2) is 9.84 Å². The van der Waals surface area contributed by atoms with E-state index in [0.29, 0.717) is 30.1 Å². The lowest BCUT2D eigenvalue weighted by atomic mass is 10.2. The molecule has 2 aliphatic rings. The number of thiazole rings is 1. The Morgan fingerprint density at radius 2 is 1.85 bits per heavy atom. The number of hydrogen-bond donors (Lipinski definition) is 0. The van der Waals surface area contributed by atoms with Crippen LogP contribution in [0.25, 0.3) is 10.6 Å². The van der Waals surface area contributed by atoms with E-state index in [1.54, 1.807) is 0 Å². The highest BCUT2D eigenvalue weighted by molar-refractivity contribution is 7.91. The Morgan fingerprint density at radius 3 is 2.48 bits per heavy atom. The molecule has 1 amide bonds. The minimum Gasteiger partial charge on any atom is -0.335 e. The van der Waals surface area contributed by atoms with Gasteiger partial charge in [-0.3, -0.25) is 9.69 Å². The molecule has 1 atom stereocenters. The summed E-state index contributed by atoms with van der Waals surface area (Å²) in [5, 5.41) is 0.867. The maximum absolute atomic E-state index is 13.0. The third kappa shape index (κ3) is 3.93. The van der Waals surface area contributed by atoms with Gasteiger partial charge in [0, 0.05) is 37.8 Å². The molecule has 2 fully saturated rings. The normalized spacial score (nSPS) is 22.9. The molecule has 0 aliphatic carbocycles. The van der Waals surface area contributed by atoms with E-state index in [4.69, 9.17) is 0 Å². The average molecular weight is 406 g/mol. The first-order valence-electron chi connectivity index (χ1n) is 9.19. The molecule has 2 aromatic rings. The van der Waals surface area contributed by atoms with Crippen molar-refractivity contribution in [2.45, 2.75) is 19.4 Å². The summed E-state index contributed by atoms with van der Waals surface area (Å²) in [6.07, 6.45) is 0.713. The molecule has 1 aromatic carbocycles. The molecular weight excluding hydrogens is 382 g/mol. The Balaban J connectivity index is 1.42. The van der Waals surface area contributed by atoms with Crippen molar-refractivity contribution < 1.29 is 13.2 Å². The van der Waals surface area contributed by atoms with E-state index in [2.05, 4.69) is 9.88 Å². The Kier molecular flexibility index (Phi) is 5.05. The summed E-state index contributed by atoms with van der Waals surface area (Å²) in [5.74, 6) is 0.583. The minimum atomic E-state index is -2.88. The summed E-state index contributed by atoms with van der Waals surface area (Å²) in [6, 6.07) is 10.0. The fourth-order valence-corrected chi connectivity index (χ4v) is 6.60. The van der Waals surface area contributed by atoms with E-state index in [1.807, 2.05) is 42.2 Å². The molecule has 6 nitrogen and oxygen atoms in total. The number of sulfone groups is 1. The molecule has 1 aromatic heterocycles. The topological polar surface area (TPSA) is 70.6 Å². The maximum Gasteiger partial charge on any atom is 0.265 e. The number of carbonyl (C=O) groups excluding carboxylic acids is 1. The molecule has 8 heteroatoms. The molecule has 144 valence electrons. The third-order valence-corrected chi connectivity index (χ3v) is 8.28. The number of nitrogens with zero attached hydrogens (tertiary/aromatic N) is 3. The van der Waals surface area contributed by atoms with Crippen molar-refractivity contribution >= 4 is 27.1 Å². The van der Waals surface area contributed by atoms with Gasteiger partial charge < -0.3 is 4.90 Å². The van der Waals surface area contributed by atoms with Crippen LogP contribution in [0.1, 0.15) is 21.8 Å². The van der Waals surface area contributed by atoms with Crippen LogP contribution in [-0.4, -0.2) is 72.8 Å². The lowest BCUT2D eigenvalue weighted by molar-refractivity contribution is 0.0591. The lowest BCUT2D eigenvalue weighted by Crippen LogP contribution is -2.52. The van der Waals surface area contributed by atoms with E-state index >= 15 is 0 Å². The van der Waals surface area contributed by atoms with Crippen molar-refractivity contribution in [3.05, 3.63) is 40.9 Å². The predicted octanol–water partition coefficient (Wildman–Crippen LogP) is 2.06. The summed E-state index contributed by atoms with van der Waals surface area (Å²) >= 11 is 1.44. The van der Waals surface area contributed by atoms with Crippen LogP contribution in [0.4, 0.5) is 0 Å². The number of hydrogen-bond acceptors (Lipinski definition) is 6. The number of aryl methyl sites for hydroxylation is 1. The quantitative estimate of drug-likeness (QED) is 0.782. The van der Waals surface area contributed by atoms with Crippen molar-refractivity contribution in [3.63, 3.8) is 0 Å². The van der Waals surface area contributed by atoms with E-state index in [-0.39, 0.29) is 17.7 Å². The van der Waals surface area contributed by atoms with Crippen LogP contribution in [0.3, 0.4) is 0 Å². The van der Waals surface area contributed by atoms with Gasteiger partial charge in [-0.1, -0.05) is 30.3 Å². The number of carbonyl (C=O) groups is 1. The van der Waals surface area contributed by atoms with Crippen LogP contribution in [-0.2, 0) is 9.84 Å². The smallest absolute Gasteiger partial charge is 0.265 e.